The molecule has 0 saturated carbocycles. The first-order chi connectivity index (χ1) is 9.89. The molecule has 0 aliphatic rings. The summed E-state index contributed by atoms with van der Waals surface area (Å²) >= 11 is 0. The van der Waals surface area contributed by atoms with E-state index in [0.717, 1.165) is 22.4 Å². The van der Waals surface area contributed by atoms with Gasteiger partial charge in [-0.05, 0) is 34.9 Å². The van der Waals surface area contributed by atoms with Crippen LogP contribution >= 0.6 is 0 Å². The fraction of sp³-hybridized carbons (Fsp3) is 0.125. The van der Waals surface area contributed by atoms with Gasteiger partial charge in [-0.15, -0.1) is 13.2 Å². The Morgan fingerprint density at radius 2 is 1.71 bits per heavy atom. The van der Waals surface area contributed by atoms with E-state index in [-0.39, 0.29) is 5.75 Å². The van der Waals surface area contributed by atoms with E-state index in [2.05, 4.69) is 16.6 Å². The standard InChI is InChI=1S/C16H14F3NO/c1-11(20-2)13-4-3-5-14(10-13)12-6-8-15(9-7-12)21-16(17,18)19/h3-10,20H,1H2,2H3. The van der Waals surface area contributed by atoms with Crippen LogP contribution in [-0.2, 0) is 0 Å². The number of ether oxygens (including phenoxy) is 1. The molecule has 0 atom stereocenters. The van der Waals surface area contributed by atoms with Gasteiger partial charge in [-0.1, -0.05) is 36.9 Å². The summed E-state index contributed by atoms with van der Waals surface area (Å²) in [6, 6.07) is 13.3. The molecule has 0 spiro atoms. The van der Waals surface area contributed by atoms with E-state index in [4.69, 9.17) is 0 Å². The molecule has 0 amide bonds. The van der Waals surface area contributed by atoms with Crippen molar-refractivity contribution in [2.24, 2.45) is 0 Å². The van der Waals surface area contributed by atoms with Crippen molar-refractivity contribution < 1.29 is 17.9 Å². The fourth-order valence-electron chi connectivity index (χ4n) is 1.88. The summed E-state index contributed by atoms with van der Waals surface area (Å²) in [7, 11) is 1.78. The third-order valence-corrected chi connectivity index (χ3v) is 2.93. The van der Waals surface area contributed by atoms with Crippen LogP contribution < -0.4 is 10.1 Å². The maximum atomic E-state index is 12.1. The van der Waals surface area contributed by atoms with Crippen LogP contribution in [0, 0.1) is 0 Å². The highest BCUT2D eigenvalue weighted by Gasteiger charge is 2.30. The van der Waals surface area contributed by atoms with Gasteiger partial charge in [0.25, 0.3) is 0 Å². The van der Waals surface area contributed by atoms with Crippen molar-refractivity contribution in [2.45, 2.75) is 6.36 Å². The minimum atomic E-state index is -4.67. The van der Waals surface area contributed by atoms with E-state index in [9.17, 15) is 13.2 Å². The van der Waals surface area contributed by atoms with Crippen LogP contribution in [0.15, 0.2) is 55.1 Å². The maximum Gasteiger partial charge on any atom is 0.573 e. The van der Waals surface area contributed by atoms with Crippen LogP contribution in [0.25, 0.3) is 16.8 Å². The lowest BCUT2D eigenvalue weighted by molar-refractivity contribution is -0.274. The van der Waals surface area contributed by atoms with Crippen molar-refractivity contribution in [3.63, 3.8) is 0 Å². The Labute approximate surface area is 120 Å². The molecular weight excluding hydrogens is 279 g/mol. The molecule has 2 nitrogen and oxygen atoms in total. The zero-order valence-corrected chi connectivity index (χ0v) is 11.4. The first-order valence-electron chi connectivity index (χ1n) is 6.22. The van der Waals surface area contributed by atoms with Crippen LogP contribution in [0.2, 0.25) is 0 Å². The number of benzene rings is 2. The van der Waals surface area contributed by atoms with Crippen LogP contribution in [0.1, 0.15) is 5.56 Å². The van der Waals surface area contributed by atoms with Crippen molar-refractivity contribution in [1.82, 2.24) is 5.32 Å². The zero-order chi connectivity index (χ0) is 15.5. The lowest BCUT2D eigenvalue weighted by Crippen LogP contribution is -2.16. The molecule has 1 N–H and O–H groups in total. The highest BCUT2D eigenvalue weighted by molar-refractivity contribution is 5.71. The van der Waals surface area contributed by atoms with E-state index in [1.165, 1.54) is 12.1 Å². The number of hydrogen-bond acceptors (Lipinski definition) is 2. The Bertz CT molecular complexity index is 633. The molecule has 21 heavy (non-hydrogen) atoms. The topological polar surface area (TPSA) is 21.3 Å². The summed E-state index contributed by atoms with van der Waals surface area (Å²) in [5.74, 6) is -0.234. The van der Waals surface area contributed by atoms with E-state index in [1.807, 2.05) is 24.3 Å². The van der Waals surface area contributed by atoms with Gasteiger partial charge in [0.15, 0.2) is 0 Å². The molecule has 0 fully saturated rings. The molecule has 2 aromatic carbocycles. The number of hydrogen-bond donors (Lipinski definition) is 1. The first kappa shape index (κ1) is 15.0. The van der Waals surface area contributed by atoms with Gasteiger partial charge in [0, 0.05) is 12.7 Å². The SMILES string of the molecule is C=C(NC)c1cccc(-c2ccc(OC(F)(F)F)cc2)c1. The molecule has 0 heterocycles. The van der Waals surface area contributed by atoms with Gasteiger partial charge in [0.05, 0.1) is 0 Å². The minimum Gasteiger partial charge on any atom is -0.406 e. The Morgan fingerprint density at radius 1 is 1.05 bits per heavy atom. The smallest absolute Gasteiger partial charge is 0.406 e. The summed E-state index contributed by atoms with van der Waals surface area (Å²) in [5.41, 5.74) is 3.39. The van der Waals surface area contributed by atoms with Gasteiger partial charge in [-0.3, -0.25) is 0 Å². The molecule has 110 valence electrons. The first-order valence-corrected chi connectivity index (χ1v) is 6.22. The molecule has 0 unspecified atom stereocenters. The second kappa shape index (κ2) is 5.91. The summed E-state index contributed by atoms with van der Waals surface area (Å²) in [6.07, 6.45) is -4.67. The van der Waals surface area contributed by atoms with E-state index in [1.54, 1.807) is 19.2 Å². The average molecular weight is 293 g/mol. The zero-order valence-electron chi connectivity index (χ0n) is 11.4. The molecule has 0 bridgehead atoms. The third-order valence-electron chi connectivity index (χ3n) is 2.93. The molecule has 0 aliphatic heterocycles. The van der Waals surface area contributed by atoms with Gasteiger partial charge in [0.2, 0.25) is 0 Å². The third kappa shape index (κ3) is 4.02. The van der Waals surface area contributed by atoms with Crippen LogP contribution in [-0.4, -0.2) is 13.4 Å². The van der Waals surface area contributed by atoms with E-state index in [0.29, 0.717) is 0 Å². The van der Waals surface area contributed by atoms with Crippen molar-refractivity contribution in [3.8, 4) is 16.9 Å². The van der Waals surface area contributed by atoms with Gasteiger partial charge in [-0.25, -0.2) is 0 Å². The van der Waals surface area contributed by atoms with Gasteiger partial charge < -0.3 is 10.1 Å². The second-order valence-corrected chi connectivity index (χ2v) is 4.38. The second-order valence-electron chi connectivity index (χ2n) is 4.38. The number of nitrogens with one attached hydrogen (secondary N) is 1. The van der Waals surface area contributed by atoms with Gasteiger partial charge >= 0.3 is 6.36 Å². The van der Waals surface area contributed by atoms with Gasteiger partial charge in [0.1, 0.15) is 5.75 Å². The molecule has 0 radical (unpaired) electrons. The summed E-state index contributed by atoms with van der Waals surface area (Å²) < 4.78 is 40.2. The summed E-state index contributed by atoms with van der Waals surface area (Å²) in [4.78, 5) is 0. The van der Waals surface area contributed by atoms with Gasteiger partial charge in [-0.2, -0.15) is 0 Å². The predicted octanol–water partition coefficient (Wildman–Crippen LogP) is 4.44. The lowest BCUT2D eigenvalue weighted by atomic mass is 10.0. The Kier molecular flexibility index (Phi) is 4.21. The minimum absolute atomic E-state index is 0.234. The molecule has 0 aromatic heterocycles. The van der Waals surface area contributed by atoms with Crippen molar-refractivity contribution in [1.29, 1.82) is 0 Å². The van der Waals surface area contributed by atoms with Crippen molar-refractivity contribution in [2.75, 3.05) is 7.05 Å². The summed E-state index contributed by atoms with van der Waals surface area (Å²) in [6.45, 7) is 3.88. The number of halogens is 3. The average Bonchev–Trinajstić information content (AvgIpc) is 2.45. The molecule has 2 rings (SSSR count). The summed E-state index contributed by atoms with van der Waals surface area (Å²) in [5, 5.41) is 2.96. The monoisotopic (exact) mass is 293 g/mol. The molecule has 0 aliphatic carbocycles. The number of rotatable bonds is 4. The highest BCUT2D eigenvalue weighted by atomic mass is 19.4. The Balaban J connectivity index is 2.25. The molecule has 0 saturated heterocycles. The predicted molar refractivity (Wildman–Crippen MR) is 76.7 cm³/mol. The van der Waals surface area contributed by atoms with Crippen LogP contribution in [0.4, 0.5) is 13.2 Å². The fourth-order valence-corrected chi connectivity index (χ4v) is 1.88. The van der Waals surface area contributed by atoms with Crippen molar-refractivity contribution >= 4 is 5.70 Å². The number of alkyl halides is 3. The highest BCUT2D eigenvalue weighted by Crippen LogP contribution is 2.27. The van der Waals surface area contributed by atoms with Crippen LogP contribution in [0.3, 0.4) is 0 Å². The Hall–Kier alpha value is -2.43. The normalized spacial score (nSPS) is 11.0. The van der Waals surface area contributed by atoms with Crippen molar-refractivity contribution in [3.05, 3.63) is 60.7 Å². The quantitative estimate of drug-likeness (QED) is 0.899. The van der Waals surface area contributed by atoms with E-state index >= 15 is 0 Å². The molecular formula is C16H14F3NO. The largest absolute Gasteiger partial charge is 0.573 e. The lowest BCUT2D eigenvalue weighted by Gasteiger charge is -2.10. The van der Waals surface area contributed by atoms with E-state index < -0.39 is 6.36 Å². The maximum absolute atomic E-state index is 12.1. The Morgan fingerprint density at radius 3 is 2.29 bits per heavy atom. The molecule has 5 heteroatoms. The molecule has 2 aromatic rings. The van der Waals surface area contributed by atoms with Crippen LogP contribution in [0.5, 0.6) is 5.75 Å².